The van der Waals surface area contributed by atoms with Crippen LogP contribution >= 0.6 is 0 Å². The molecule has 0 bridgehead atoms. The van der Waals surface area contributed by atoms with Gasteiger partial charge in [0, 0.05) is 5.56 Å². The molecule has 17 heavy (non-hydrogen) atoms. The lowest BCUT2D eigenvalue weighted by atomic mass is 10.1. The second kappa shape index (κ2) is 5.82. The Balaban J connectivity index is 2.73. The van der Waals surface area contributed by atoms with Gasteiger partial charge in [0.1, 0.15) is 0 Å². The standard InChI is InChI=1S/C12H21N3O2/c1-6-7-10(15(4)5)11(16)13-12-8(2)9(3)14-17-12/h10H,6-7H2,1-5H3,(H,13,16). The molecule has 1 rings (SSSR count). The Morgan fingerprint density at radius 2 is 2.12 bits per heavy atom. The number of hydrogen-bond acceptors (Lipinski definition) is 4. The second-order valence-electron chi connectivity index (χ2n) is 4.48. The Labute approximate surface area is 102 Å². The van der Waals surface area contributed by atoms with Crippen LogP contribution in [0.5, 0.6) is 0 Å². The first-order valence-electron chi connectivity index (χ1n) is 5.87. The predicted molar refractivity (Wildman–Crippen MR) is 67.0 cm³/mol. The number of likely N-dealkylation sites (N-methyl/N-ethyl adjacent to an activating group) is 1. The van der Waals surface area contributed by atoms with Crippen molar-refractivity contribution in [2.45, 2.75) is 39.7 Å². The quantitative estimate of drug-likeness (QED) is 0.853. The number of rotatable bonds is 5. The van der Waals surface area contributed by atoms with Gasteiger partial charge in [0.25, 0.3) is 0 Å². The Morgan fingerprint density at radius 3 is 2.53 bits per heavy atom. The number of aromatic nitrogens is 1. The molecule has 0 fully saturated rings. The van der Waals surface area contributed by atoms with Gasteiger partial charge >= 0.3 is 0 Å². The maximum atomic E-state index is 12.1. The lowest BCUT2D eigenvalue weighted by Crippen LogP contribution is -2.39. The molecule has 0 saturated heterocycles. The largest absolute Gasteiger partial charge is 0.338 e. The van der Waals surface area contributed by atoms with Gasteiger partial charge in [-0.15, -0.1) is 0 Å². The minimum absolute atomic E-state index is 0.0453. The molecule has 1 aromatic heterocycles. The Kier molecular flexibility index (Phi) is 4.69. The molecule has 5 heteroatoms. The van der Waals surface area contributed by atoms with Gasteiger partial charge in [-0.05, 0) is 34.4 Å². The maximum absolute atomic E-state index is 12.1. The van der Waals surface area contributed by atoms with Crippen LogP contribution in [0.3, 0.4) is 0 Å². The highest BCUT2D eigenvalue weighted by atomic mass is 16.5. The van der Waals surface area contributed by atoms with Crippen molar-refractivity contribution in [2.75, 3.05) is 19.4 Å². The van der Waals surface area contributed by atoms with E-state index in [0.717, 1.165) is 24.1 Å². The van der Waals surface area contributed by atoms with Gasteiger partial charge in [-0.2, -0.15) is 0 Å². The summed E-state index contributed by atoms with van der Waals surface area (Å²) in [5.74, 6) is 0.409. The van der Waals surface area contributed by atoms with Crippen LogP contribution in [0.4, 0.5) is 5.88 Å². The monoisotopic (exact) mass is 239 g/mol. The zero-order chi connectivity index (χ0) is 13.0. The number of hydrogen-bond donors (Lipinski definition) is 1. The van der Waals surface area contributed by atoms with Gasteiger partial charge in [-0.1, -0.05) is 18.5 Å². The van der Waals surface area contributed by atoms with E-state index in [-0.39, 0.29) is 11.9 Å². The van der Waals surface area contributed by atoms with E-state index >= 15 is 0 Å². The number of nitrogens with one attached hydrogen (secondary N) is 1. The topological polar surface area (TPSA) is 58.4 Å². The van der Waals surface area contributed by atoms with Crippen LogP contribution in [0.25, 0.3) is 0 Å². The Morgan fingerprint density at radius 1 is 1.47 bits per heavy atom. The summed E-state index contributed by atoms with van der Waals surface area (Å²) < 4.78 is 5.07. The van der Waals surface area contributed by atoms with Crippen LogP contribution in [-0.4, -0.2) is 36.1 Å². The van der Waals surface area contributed by atoms with Crippen LogP contribution in [0.1, 0.15) is 31.0 Å². The van der Waals surface area contributed by atoms with Crippen LogP contribution in [0.2, 0.25) is 0 Å². The fourth-order valence-electron chi connectivity index (χ4n) is 1.62. The highest BCUT2D eigenvalue weighted by molar-refractivity contribution is 5.94. The van der Waals surface area contributed by atoms with E-state index < -0.39 is 0 Å². The lowest BCUT2D eigenvalue weighted by Gasteiger charge is -2.22. The summed E-state index contributed by atoms with van der Waals surface area (Å²) >= 11 is 0. The van der Waals surface area contributed by atoms with Crippen molar-refractivity contribution in [3.63, 3.8) is 0 Å². The first-order valence-corrected chi connectivity index (χ1v) is 5.87. The molecule has 0 saturated carbocycles. The Hall–Kier alpha value is -1.36. The summed E-state index contributed by atoms with van der Waals surface area (Å²) in [7, 11) is 3.80. The van der Waals surface area contributed by atoms with Crippen molar-refractivity contribution >= 4 is 11.8 Å². The summed E-state index contributed by atoms with van der Waals surface area (Å²) in [5.41, 5.74) is 1.68. The molecule has 0 spiro atoms. The first-order chi connectivity index (χ1) is 7.97. The molecule has 0 aliphatic rings. The Bertz CT molecular complexity index is 385. The number of amides is 1. The summed E-state index contributed by atoms with van der Waals surface area (Å²) in [5, 5.41) is 6.60. The third kappa shape index (κ3) is 3.30. The summed E-state index contributed by atoms with van der Waals surface area (Å²) in [6.07, 6.45) is 1.79. The number of anilines is 1. The van der Waals surface area contributed by atoms with E-state index in [1.165, 1.54) is 0 Å². The number of carbonyl (C=O) groups is 1. The highest BCUT2D eigenvalue weighted by Gasteiger charge is 2.22. The van der Waals surface area contributed by atoms with Gasteiger partial charge < -0.3 is 4.52 Å². The fourth-order valence-corrected chi connectivity index (χ4v) is 1.62. The molecule has 1 heterocycles. The molecule has 1 N–H and O–H groups in total. The highest BCUT2D eigenvalue weighted by Crippen LogP contribution is 2.18. The number of carbonyl (C=O) groups excluding carboxylic acids is 1. The molecule has 0 aromatic carbocycles. The predicted octanol–water partition coefficient (Wildman–Crippen LogP) is 1.96. The normalized spacial score (nSPS) is 12.8. The number of aryl methyl sites for hydroxylation is 1. The zero-order valence-corrected chi connectivity index (χ0v) is 11.2. The fraction of sp³-hybridized carbons (Fsp3) is 0.667. The molecule has 0 aliphatic carbocycles. The molecule has 1 aromatic rings. The summed E-state index contributed by atoms with van der Waals surface area (Å²) in [4.78, 5) is 14.0. The number of nitrogens with zero attached hydrogens (tertiary/aromatic N) is 2. The van der Waals surface area contributed by atoms with Crippen LogP contribution in [0.15, 0.2) is 4.52 Å². The lowest BCUT2D eigenvalue weighted by molar-refractivity contribution is -0.120. The van der Waals surface area contributed by atoms with Crippen LogP contribution in [-0.2, 0) is 4.79 Å². The summed E-state index contributed by atoms with van der Waals surface area (Å²) in [6.45, 7) is 5.80. The van der Waals surface area contributed by atoms with E-state index in [9.17, 15) is 4.79 Å². The van der Waals surface area contributed by atoms with Crippen molar-refractivity contribution in [1.29, 1.82) is 0 Å². The van der Waals surface area contributed by atoms with Crippen molar-refractivity contribution in [3.05, 3.63) is 11.3 Å². The third-order valence-corrected chi connectivity index (χ3v) is 2.88. The van der Waals surface area contributed by atoms with Crippen molar-refractivity contribution in [1.82, 2.24) is 10.1 Å². The van der Waals surface area contributed by atoms with Crippen LogP contribution < -0.4 is 5.32 Å². The minimum atomic E-state index is -0.134. The van der Waals surface area contributed by atoms with E-state index in [1.54, 1.807) is 0 Å². The van der Waals surface area contributed by atoms with Gasteiger partial charge in [0.15, 0.2) is 0 Å². The average Bonchev–Trinajstić information content (AvgIpc) is 2.57. The molecule has 1 amide bonds. The molecular weight excluding hydrogens is 218 g/mol. The van der Waals surface area contributed by atoms with E-state index in [4.69, 9.17) is 4.52 Å². The van der Waals surface area contributed by atoms with E-state index in [2.05, 4.69) is 17.4 Å². The third-order valence-electron chi connectivity index (χ3n) is 2.88. The first kappa shape index (κ1) is 13.7. The molecule has 96 valence electrons. The van der Waals surface area contributed by atoms with Gasteiger partial charge in [-0.25, -0.2) is 0 Å². The van der Waals surface area contributed by atoms with Crippen molar-refractivity contribution in [2.24, 2.45) is 0 Å². The molecule has 1 unspecified atom stereocenters. The van der Waals surface area contributed by atoms with E-state index in [0.29, 0.717) is 5.88 Å². The van der Waals surface area contributed by atoms with E-state index in [1.807, 2.05) is 32.8 Å². The molecule has 0 aliphatic heterocycles. The average molecular weight is 239 g/mol. The van der Waals surface area contributed by atoms with Crippen LogP contribution in [0, 0.1) is 13.8 Å². The SMILES string of the molecule is CCCC(C(=O)Nc1onc(C)c1C)N(C)C. The smallest absolute Gasteiger partial charge is 0.244 e. The van der Waals surface area contributed by atoms with Gasteiger partial charge in [-0.3, -0.25) is 15.0 Å². The summed E-state index contributed by atoms with van der Waals surface area (Å²) in [6, 6.07) is -0.134. The molecule has 0 radical (unpaired) electrons. The van der Waals surface area contributed by atoms with Gasteiger partial charge in [0.2, 0.25) is 11.8 Å². The second-order valence-corrected chi connectivity index (χ2v) is 4.48. The molecule has 1 atom stereocenters. The van der Waals surface area contributed by atoms with Crippen molar-refractivity contribution < 1.29 is 9.32 Å². The maximum Gasteiger partial charge on any atom is 0.244 e. The molecular formula is C12H21N3O2. The van der Waals surface area contributed by atoms with Gasteiger partial charge in [0.05, 0.1) is 11.7 Å². The minimum Gasteiger partial charge on any atom is -0.338 e. The zero-order valence-electron chi connectivity index (χ0n) is 11.2. The van der Waals surface area contributed by atoms with Crippen molar-refractivity contribution in [3.8, 4) is 0 Å². The molecule has 5 nitrogen and oxygen atoms in total.